The number of nitrogens with one attached hydrogen (secondary N) is 1. The summed E-state index contributed by atoms with van der Waals surface area (Å²) in [6.45, 7) is 11.3. The third kappa shape index (κ3) is 3.95. The Hall–Kier alpha value is -2.59. The zero-order valence-electron chi connectivity index (χ0n) is 17.8. The van der Waals surface area contributed by atoms with Gasteiger partial charge in [0.15, 0.2) is 0 Å². The number of aryl methyl sites for hydroxylation is 2. The second-order valence-corrected chi connectivity index (χ2v) is 8.09. The second-order valence-electron chi connectivity index (χ2n) is 8.09. The lowest BCUT2D eigenvalue weighted by Gasteiger charge is -2.28. The van der Waals surface area contributed by atoms with Crippen molar-refractivity contribution < 1.29 is 4.79 Å². The molecule has 4 heteroatoms. The summed E-state index contributed by atoms with van der Waals surface area (Å²) in [5.74, 6) is 0.0252. The summed E-state index contributed by atoms with van der Waals surface area (Å²) < 4.78 is 2.31. The summed E-state index contributed by atoms with van der Waals surface area (Å²) in [6, 6.07) is 14.8. The fraction of sp³-hybridized carbons (Fsp3) is 0.400. The Morgan fingerprint density at radius 2 is 1.90 bits per heavy atom. The van der Waals surface area contributed by atoms with Crippen molar-refractivity contribution in [3.63, 3.8) is 0 Å². The molecule has 3 aromatic rings. The zero-order chi connectivity index (χ0) is 20.4. The minimum Gasteiger partial charge on any atom is -0.352 e. The van der Waals surface area contributed by atoms with Gasteiger partial charge in [0, 0.05) is 54.9 Å². The van der Waals surface area contributed by atoms with E-state index in [0.717, 1.165) is 44.6 Å². The molecule has 0 atom stereocenters. The van der Waals surface area contributed by atoms with Gasteiger partial charge >= 0.3 is 0 Å². The van der Waals surface area contributed by atoms with Crippen molar-refractivity contribution in [2.45, 2.75) is 46.7 Å². The molecule has 0 radical (unpaired) electrons. The first-order valence-corrected chi connectivity index (χ1v) is 10.7. The van der Waals surface area contributed by atoms with E-state index < -0.39 is 0 Å². The molecular formula is C25H31N3O. The van der Waals surface area contributed by atoms with Crippen LogP contribution in [0.25, 0.3) is 10.9 Å². The van der Waals surface area contributed by atoms with Crippen molar-refractivity contribution in [3.05, 3.63) is 70.4 Å². The van der Waals surface area contributed by atoms with E-state index in [1.54, 1.807) is 0 Å². The summed E-state index contributed by atoms with van der Waals surface area (Å²) in [7, 11) is 0. The fourth-order valence-electron chi connectivity index (χ4n) is 4.55. The summed E-state index contributed by atoms with van der Waals surface area (Å²) >= 11 is 0. The number of fused-ring (bicyclic) bond motifs is 2. The lowest BCUT2D eigenvalue weighted by atomic mass is 10.00. The van der Waals surface area contributed by atoms with Gasteiger partial charge in [0.2, 0.25) is 0 Å². The van der Waals surface area contributed by atoms with Crippen LogP contribution in [0.15, 0.2) is 42.5 Å². The highest BCUT2D eigenvalue weighted by molar-refractivity contribution is 5.99. The first-order chi connectivity index (χ1) is 14.1. The van der Waals surface area contributed by atoms with E-state index in [2.05, 4.69) is 65.9 Å². The number of aromatic nitrogens is 1. The van der Waals surface area contributed by atoms with Crippen molar-refractivity contribution >= 4 is 16.8 Å². The van der Waals surface area contributed by atoms with Crippen LogP contribution in [-0.2, 0) is 19.5 Å². The SMILES string of the molecule is CCn1c(C)c(C)c2cc(C(=O)NCCCN3CCc4ccccc4C3)ccc21. The van der Waals surface area contributed by atoms with Crippen LogP contribution in [0.1, 0.15) is 46.1 Å². The van der Waals surface area contributed by atoms with Gasteiger partial charge < -0.3 is 9.88 Å². The Labute approximate surface area is 173 Å². The first-order valence-electron chi connectivity index (χ1n) is 10.7. The molecule has 29 heavy (non-hydrogen) atoms. The quantitative estimate of drug-likeness (QED) is 0.632. The van der Waals surface area contributed by atoms with Crippen molar-refractivity contribution in [3.8, 4) is 0 Å². The highest BCUT2D eigenvalue weighted by Gasteiger charge is 2.16. The monoisotopic (exact) mass is 389 g/mol. The van der Waals surface area contributed by atoms with Gasteiger partial charge in [-0.3, -0.25) is 9.69 Å². The van der Waals surface area contributed by atoms with E-state index in [1.807, 2.05) is 12.1 Å². The molecule has 1 aliphatic heterocycles. The third-order valence-corrected chi connectivity index (χ3v) is 6.36. The van der Waals surface area contributed by atoms with Crippen molar-refractivity contribution in [1.82, 2.24) is 14.8 Å². The van der Waals surface area contributed by atoms with Crippen LogP contribution in [0.5, 0.6) is 0 Å². The molecule has 0 saturated carbocycles. The van der Waals surface area contributed by atoms with Gasteiger partial charge in [-0.25, -0.2) is 0 Å². The highest BCUT2D eigenvalue weighted by Crippen LogP contribution is 2.26. The topological polar surface area (TPSA) is 37.3 Å². The molecule has 0 unspecified atom stereocenters. The molecule has 152 valence electrons. The summed E-state index contributed by atoms with van der Waals surface area (Å²) in [5.41, 5.74) is 7.44. The Morgan fingerprint density at radius 3 is 2.69 bits per heavy atom. The molecule has 4 nitrogen and oxygen atoms in total. The standard InChI is InChI=1S/C25H31N3O/c1-4-28-19(3)18(2)23-16-21(10-11-24(23)28)25(29)26-13-7-14-27-15-12-20-8-5-6-9-22(20)17-27/h5-6,8-11,16H,4,7,12-15,17H2,1-3H3,(H,26,29). The summed E-state index contributed by atoms with van der Waals surface area (Å²) in [4.78, 5) is 15.1. The van der Waals surface area contributed by atoms with Crippen LogP contribution in [0.2, 0.25) is 0 Å². The molecule has 0 saturated heterocycles. The lowest BCUT2D eigenvalue weighted by molar-refractivity contribution is 0.0951. The molecular weight excluding hydrogens is 358 g/mol. The van der Waals surface area contributed by atoms with Gasteiger partial charge in [0.1, 0.15) is 0 Å². The molecule has 1 amide bonds. The fourth-order valence-corrected chi connectivity index (χ4v) is 4.55. The predicted octanol–water partition coefficient (Wildman–Crippen LogP) is 4.46. The summed E-state index contributed by atoms with van der Waals surface area (Å²) in [6.07, 6.45) is 2.10. The van der Waals surface area contributed by atoms with Gasteiger partial charge in [-0.1, -0.05) is 24.3 Å². The van der Waals surface area contributed by atoms with Gasteiger partial charge in [-0.15, -0.1) is 0 Å². The maximum Gasteiger partial charge on any atom is 0.251 e. The Morgan fingerprint density at radius 1 is 1.10 bits per heavy atom. The van der Waals surface area contributed by atoms with Crippen LogP contribution >= 0.6 is 0 Å². The largest absolute Gasteiger partial charge is 0.352 e. The average Bonchev–Trinajstić information content (AvgIpc) is 3.00. The van der Waals surface area contributed by atoms with Crippen molar-refractivity contribution in [2.75, 3.05) is 19.6 Å². The van der Waals surface area contributed by atoms with Gasteiger partial charge in [-0.2, -0.15) is 0 Å². The van der Waals surface area contributed by atoms with Crippen molar-refractivity contribution in [1.29, 1.82) is 0 Å². The number of nitrogens with zero attached hydrogens (tertiary/aromatic N) is 2. The Balaban J connectivity index is 1.32. The van der Waals surface area contributed by atoms with E-state index in [9.17, 15) is 4.79 Å². The smallest absolute Gasteiger partial charge is 0.251 e. The van der Waals surface area contributed by atoms with Crippen LogP contribution in [0.3, 0.4) is 0 Å². The minimum atomic E-state index is 0.0252. The molecule has 2 heterocycles. The average molecular weight is 390 g/mol. The number of amides is 1. The number of hydrogen-bond acceptors (Lipinski definition) is 2. The Kier molecular flexibility index (Phi) is 5.72. The van der Waals surface area contributed by atoms with E-state index in [1.165, 1.54) is 33.3 Å². The van der Waals surface area contributed by atoms with E-state index >= 15 is 0 Å². The molecule has 0 bridgehead atoms. The second kappa shape index (κ2) is 8.42. The number of benzene rings is 2. The molecule has 0 aliphatic carbocycles. The molecule has 0 spiro atoms. The maximum absolute atomic E-state index is 12.6. The Bertz CT molecular complexity index is 1030. The minimum absolute atomic E-state index is 0.0252. The van der Waals surface area contributed by atoms with Gasteiger partial charge in [-0.05, 0) is 68.5 Å². The van der Waals surface area contributed by atoms with E-state index in [4.69, 9.17) is 0 Å². The van der Waals surface area contributed by atoms with Crippen LogP contribution in [0, 0.1) is 13.8 Å². The number of carbonyl (C=O) groups excluding carboxylic acids is 1. The maximum atomic E-state index is 12.6. The molecule has 2 aromatic carbocycles. The third-order valence-electron chi connectivity index (χ3n) is 6.36. The predicted molar refractivity (Wildman–Crippen MR) is 119 cm³/mol. The molecule has 1 N–H and O–H groups in total. The zero-order valence-corrected chi connectivity index (χ0v) is 17.8. The highest BCUT2D eigenvalue weighted by atomic mass is 16.1. The van der Waals surface area contributed by atoms with E-state index in [-0.39, 0.29) is 5.91 Å². The van der Waals surface area contributed by atoms with Gasteiger partial charge in [0.05, 0.1) is 0 Å². The number of hydrogen-bond donors (Lipinski definition) is 1. The normalized spacial score (nSPS) is 14.2. The lowest BCUT2D eigenvalue weighted by Crippen LogP contribution is -2.33. The summed E-state index contributed by atoms with van der Waals surface area (Å²) in [5, 5.41) is 4.29. The van der Waals surface area contributed by atoms with E-state index in [0.29, 0.717) is 6.54 Å². The first kappa shape index (κ1) is 19.7. The molecule has 0 fully saturated rings. The van der Waals surface area contributed by atoms with Gasteiger partial charge in [0.25, 0.3) is 5.91 Å². The van der Waals surface area contributed by atoms with Crippen molar-refractivity contribution in [2.24, 2.45) is 0 Å². The molecule has 4 rings (SSSR count). The van der Waals surface area contributed by atoms with Crippen LogP contribution in [0.4, 0.5) is 0 Å². The van der Waals surface area contributed by atoms with Crippen LogP contribution < -0.4 is 5.32 Å². The molecule has 1 aliphatic rings. The number of carbonyl (C=O) groups is 1. The van der Waals surface area contributed by atoms with Crippen LogP contribution in [-0.4, -0.2) is 35.0 Å². The molecule has 1 aromatic heterocycles. The number of rotatable bonds is 6.